The maximum Gasteiger partial charge on any atom is 0.224 e. The van der Waals surface area contributed by atoms with E-state index >= 15 is 0 Å². The van der Waals surface area contributed by atoms with E-state index in [1.165, 1.54) is 7.11 Å². The molecule has 0 N–H and O–H groups in total. The Balaban J connectivity index is 3.57. The standard InChI is InChI=1S/C10H10N2O2/c1-6-8(4-11)7(2)12-10(14-3)9(6)5-13/h5H,1-3H3. The van der Waals surface area contributed by atoms with Crippen LogP contribution in [0.25, 0.3) is 0 Å². The fourth-order valence-electron chi connectivity index (χ4n) is 1.29. The largest absolute Gasteiger partial charge is 0.480 e. The lowest BCUT2D eigenvalue weighted by molar-refractivity contribution is 0.111. The minimum absolute atomic E-state index is 0.272. The highest BCUT2D eigenvalue weighted by Gasteiger charge is 2.14. The molecule has 4 heteroatoms. The van der Waals surface area contributed by atoms with Gasteiger partial charge in [0.05, 0.1) is 23.9 Å². The number of pyridine rings is 1. The molecule has 0 aliphatic heterocycles. The summed E-state index contributed by atoms with van der Waals surface area (Å²) in [6, 6.07) is 2.01. The fraction of sp³-hybridized carbons (Fsp3) is 0.300. The molecule has 0 saturated heterocycles. The third kappa shape index (κ3) is 1.44. The molecule has 0 saturated carbocycles. The maximum absolute atomic E-state index is 10.8. The first-order valence-electron chi connectivity index (χ1n) is 4.06. The Morgan fingerprint density at radius 2 is 2.14 bits per heavy atom. The molecule has 0 unspecified atom stereocenters. The van der Waals surface area contributed by atoms with E-state index in [0.717, 1.165) is 0 Å². The second kappa shape index (κ2) is 3.88. The van der Waals surface area contributed by atoms with Crippen LogP contribution in [0.15, 0.2) is 0 Å². The average Bonchev–Trinajstić information content (AvgIpc) is 2.17. The highest BCUT2D eigenvalue weighted by atomic mass is 16.5. The Hall–Kier alpha value is -1.89. The summed E-state index contributed by atoms with van der Waals surface area (Å²) in [7, 11) is 1.44. The Kier molecular flexibility index (Phi) is 2.82. The lowest BCUT2D eigenvalue weighted by atomic mass is 10.0. The van der Waals surface area contributed by atoms with Crippen LogP contribution < -0.4 is 4.74 Å². The SMILES string of the molecule is COc1nc(C)c(C#N)c(C)c1C=O. The lowest BCUT2D eigenvalue weighted by Gasteiger charge is -2.08. The first-order chi connectivity index (χ1) is 6.65. The van der Waals surface area contributed by atoms with Gasteiger partial charge in [0.1, 0.15) is 6.07 Å². The predicted molar refractivity (Wildman–Crippen MR) is 50.4 cm³/mol. The van der Waals surface area contributed by atoms with Crippen LogP contribution in [0.4, 0.5) is 0 Å². The zero-order valence-electron chi connectivity index (χ0n) is 8.29. The molecule has 1 rings (SSSR count). The van der Waals surface area contributed by atoms with Crippen LogP contribution in [-0.4, -0.2) is 18.4 Å². The topological polar surface area (TPSA) is 63.0 Å². The first-order valence-corrected chi connectivity index (χ1v) is 4.06. The van der Waals surface area contributed by atoms with Crippen molar-refractivity contribution in [3.8, 4) is 11.9 Å². The summed E-state index contributed by atoms with van der Waals surface area (Å²) >= 11 is 0. The van der Waals surface area contributed by atoms with Crippen LogP contribution >= 0.6 is 0 Å². The van der Waals surface area contributed by atoms with Crippen molar-refractivity contribution < 1.29 is 9.53 Å². The van der Waals surface area contributed by atoms with Gasteiger partial charge in [-0.3, -0.25) is 4.79 Å². The number of aryl methyl sites for hydroxylation is 1. The summed E-state index contributed by atoms with van der Waals surface area (Å²) in [5.74, 6) is 0.272. The molecular weight excluding hydrogens is 180 g/mol. The van der Waals surface area contributed by atoms with Crippen molar-refractivity contribution in [1.82, 2.24) is 4.98 Å². The number of carbonyl (C=O) groups excluding carboxylic acids is 1. The first kappa shape index (κ1) is 10.2. The third-order valence-corrected chi connectivity index (χ3v) is 2.06. The molecule has 0 aliphatic carbocycles. The van der Waals surface area contributed by atoms with Crippen molar-refractivity contribution in [3.05, 3.63) is 22.4 Å². The molecule has 72 valence electrons. The molecule has 1 aromatic rings. The van der Waals surface area contributed by atoms with Gasteiger partial charge in [-0.05, 0) is 19.4 Å². The van der Waals surface area contributed by atoms with Gasteiger partial charge in [0.15, 0.2) is 6.29 Å². The molecule has 0 atom stereocenters. The Morgan fingerprint density at radius 3 is 2.57 bits per heavy atom. The minimum atomic E-state index is 0.272. The minimum Gasteiger partial charge on any atom is -0.480 e. The summed E-state index contributed by atoms with van der Waals surface area (Å²) in [6.07, 6.45) is 0.654. The van der Waals surface area contributed by atoms with E-state index in [4.69, 9.17) is 10.00 Å². The Bertz CT molecular complexity index is 419. The number of hydrogen-bond donors (Lipinski definition) is 0. The van der Waals surface area contributed by atoms with E-state index in [0.29, 0.717) is 28.7 Å². The highest BCUT2D eigenvalue weighted by Crippen LogP contribution is 2.22. The molecular formula is C10H10N2O2. The normalized spacial score (nSPS) is 9.29. The van der Waals surface area contributed by atoms with Crippen molar-refractivity contribution >= 4 is 6.29 Å². The Labute approximate surface area is 82.1 Å². The number of nitrogens with zero attached hydrogens (tertiary/aromatic N) is 2. The van der Waals surface area contributed by atoms with E-state index in [1.54, 1.807) is 13.8 Å². The van der Waals surface area contributed by atoms with Crippen molar-refractivity contribution in [2.45, 2.75) is 13.8 Å². The zero-order valence-corrected chi connectivity index (χ0v) is 8.29. The number of rotatable bonds is 2. The van der Waals surface area contributed by atoms with Crippen molar-refractivity contribution in [2.75, 3.05) is 7.11 Å². The summed E-state index contributed by atoms with van der Waals surface area (Å²) in [4.78, 5) is 14.8. The number of aromatic nitrogens is 1. The smallest absolute Gasteiger partial charge is 0.224 e. The van der Waals surface area contributed by atoms with Gasteiger partial charge < -0.3 is 4.74 Å². The van der Waals surface area contributed by atoms with Gasteiger partial charge in [-0.1, -0.05) is 0 Å². The number of hydrogen-bond acceptors (Lipinski definition) is 4. The van der Waals surface area contributed by atoms with Crippen LogP contribution in [0, 0.1) is 25.2 Å². The number of aldehydes is 1. The molecule has 0 radical (unpaired) electrons. The van der Waals surface area contributed by atoms with E-state index in [9.17, 15) is 4.79 Å². The number of carbonyl (C=O) groups is 1. The summed E-state index contributed by atoms with van der Waals surface area (Å²) in [5.41, 5.74) is 1.97. The fourth-order valence-corrected chi connectivity index (χ4v) is 1.29. The summed E-state index contributed by atoms with van der Waals surface area (Å²) < 4.78 is 4.95. The van der Waals surface area contributed by atoms with Gasteiger partial charge >= 0.3 is 0 Å². The summed E-state index contributed by atoms with van der Waals surface area (Å²) in [5, 5.41) is 8.84. The van der Waals surface area contributed by atoms with Crippen molar-refractivity contribution in [2.24, 2.45) is 0 Å². The van der Waals surface area contributed by atoms with Crippen LogP contribution in [0.5, 0.6) is 5.88 Å². The molecule has 0 aliphatic rings. The number of nitriles is 1. The van der Waals surface area contributed by atoms with Gasteiger partial charge in [0.2, 0.25) is 5.88 Å². The van der Waals surface area contributed by atoms with E-state index in [1.807, 2.05) is 6.07 Å². The van der Waals surface area contributed by atoms with Crippen LogP contribution in [0.2, 0.25) is 0 Å². The molecule has 1 heterocycles. The zero-order chi connectivity index (χ0) is 10.7. The van der Waals surface area contributed by atoms with Gasteiger partial charge in [0.25, 0.3) is 0 Å². The number of methoxy groups -OCH3 is 1. The third-order valence-electron chi connectivity index (χ3n) is 2.06. The molecule has 0 aromatic carbocycles. The molecule has 0 amide bonds. The van der Waals surface area contributed by atoms with Crippen LogP contribution in [-0.2, 0) is 0 Å². The summed E-state index contributed by atoms with van der Waals surface area (Å²) in [6.45, 7) is 3.42. The average molecular weight is 190 g/mol. The quantitative estimate of drug-likeness (QED) is 0.661. The van der Waals surface area contributed by atoms with Gasteiger partial charge in [-0.15, -0.1) is 0 Å². The highest BCUT2D eigenvalue weighted by molar-refractivity contribution is 5.82. The Morgan fingerprint density at radius 1 is 1.50 bits per heavy atom. The molecule has 0 bridgehead atoms. The molecule has 0 fully saturated rings. The van der Waals surface area contributed by atoms with Crippen LogP contribution in [0.3, 0.4) is 0 Å². The molecule has 1 aromatic heterocycles. The van der Waals surface area contributed by atoms with E-state index in [-0.39, 0.29) is 5.88 Å². The monoisotopic (exact) mass is 190 g/mol. The van der Waals surface area contributed by atoms with Gasteiger partial charge in [-0.25, -0.2) is 4.98 Å². The van der Waals surface area contributed by atoms with Gasteiger partial charge in [0, 0.05) is 0 Å². The number of ether oxygens (including phenoxy) is 1. The lowest BCUT2D eigenvalue weighted by Crippen LogP contribution is -2.02. The van der Waals surface area contributed by atoms with Crippen molar-refractivity contribution in [1.29, 1.82) is 5.26 Å². The van der Waals surface area contributed by atoms with E-state index < -0.39 is 0 Å². The van der Waals surface area contributed by atoms with Gasteiger partial charge in [-0.2, -0.15) is 5.26 Å². The van der Waals surface area contributed by atoms with Crippen LogP contribution in [0.1, 0.15) is 27.2 Å². The second-order valence-corrected chi connectivity index (χ2v) is 2.85. The second-order valence-electron chi connectivity index (χ2n) is 2.85. The maximum atomic E-state index is 10.8. The predicted octanol–water partition coefficient (Wildman–Crippen LogP) is 1.39. The molecule has 4 nitrogen and oxygen atoms in total. The van der Waals surface area contributed by atoms with Crippen molar-refractivity contribution in [3.63, 3.8) is 0 Å². The molecule has 0 spiro atoms. The molecule has 14 heavy (non-hydrogen) atoms. The van der Waals surface area contributed by atoms with E-state index in [2.05, 4.69) is 4.98 Å².